The third kappa shape index (κ3) is 3.31. The van der Waals surface area contributed by atoms with Gasteiger partial charge in [0.15, 0.2) is 0 Å². The van der Waals surface area contributed by atoms with Crippen molar-refractivity contribution in [1.29, 1.82) is 0 Å². The Hall–Kier alpha value is -1.33. The minimum atomic E-state index is -1.09. The molecule has 0 radical (unpaired) electrons. The maximum Gasteiger partial charge on any atom is 0.337 e. The number of aliphatic hydroxyl groups excluding tert-OH is 1. The van der Waals surface area contributed by atoms with Crippen LogP contribution in [0.2, 0.25) is 5.02 Å². The molecular formula is C11H15ClN2O3. The van der Waals surface area contributed by atoms with Gasteiger partial charge in [-0.15, -0.1) is 0 Å². The summed E-state index contributed by atoms with van der Waals surface area (Å²) >= 11 is 5.93. The first-order valence-electron chi connectivity index (χ1n) is 5.22. The Morgan fingerprint density at radius 3 is 2.76 bits per heavy atom. The SMILES string of the molecule is CC(CO)C(C)Nc1nccc(C(=O)O)c1Cl. The van der Waals surface area contributed by atoms with Gasteiger partial charge in [-0.2, -0.15) is 0 Å². The number of nitrogens with one attached hydrogen (secondary N) is 1. The molecule has 5 nitrogen and oxygen atoms in total. The maximum absolute atomic E-state index is 10.9. The molecular weight excluding hydrogens is 244 g/mol. The van der Waals surface area contributed by atoms with Gasteiger partial charge < -0.3 is 15.5 Å². The van der Waals surface area contributed by atoms with E-state index in [1.807, 2.05) is 13.8 Å². The molecule has 0 amide bonds. The Balaban J connectivity index is 2.92. The molecule has 0 saturated heterocycles. The van der Waals surface area contributed by atoms with Gasteiger partial charge in [-0.1, -0.05) is 18.5 Å². The first-order chi connectivity index (χ1) is 7.97. The van der Waals surface area contributed by atoms with Crippen LogP contribution in [0.3, 0.4) is 0 Å². The highest BCUT2D eigenvalue weighted by Crippen LogP contribution is 2.24. The van der Waals surface area contributed by atoms with E-state index >= 15 is 0 Å². The third-order valence-corrected chi connectivity index (χ3v) is 3.01. The van der Waals surface area contributed by atoms with Crippen LogP contribution in [0.1, 0.15) is 24.2 Å². The quantitative estimate of drug-likeness (QED) is 0.751. The summed E-state index contributed by atoms with van der Waals surface area (Å²) in [5.41, 5.74) is 0.00742. The van der Waals surface area contributed by atoms with Crippen molar-refractivity contribution >= 4 is 23.4 Å². The Morgan fingerprint density at radius 1 is 1.59 bits per heavy atom. The zero-order valence-corrected chi connectivity index (χ0v) is 10.4. The molecule has 0 saturated carbocycles. The van der Waals surface area contributed by atoms with E-state index in [0.717, 1.165) is 0 Å². The summed E-state index contributed by atoms with van der Waals surface area (Å²) in [6.45, 7) is 3.77. The molecule has 0 bridgehead atoms. The topological polar surface area (TPSA) is 82.5 Å². The molecule has 94 valence electrons. The second-order valence-electron chi connectivity index (χ2n) is 3.92. The standard InChI is InChI=1S/C11H15ClN2O3/c1-6(5-15)7(2)14-10-9(12)8(11(16)17)3-4-13-10/h3-4,6-7,15H,5H2,1-2H3,(H,13,14)(H,16,17). The number of rotatable bonds is 5. The Labute approximate surface area is 104 Å². The number of aromatic nitrogens is 1. The summed E-state index contributed by atoms with van der Waals surface area (Å²) in [5.74, 6) is -0.760. The molecule has 0 aliphatic rings. The summed E-state index contributed by atoms with van der Waals surface area (Å²) in [6, 6.07) is 1.28. The summed E-state index contributed by atoms with van der Waals surface area (Å²) < 4.78 is 0. The number of halogens is 1. The molecule has 0 aliphatic heterocycles. The van der Waals surface area contributed by atoms with Crippen molar-refractivity contribution in [1.82, 2.24) is 4.98 Å². The van der Waals surface area contributed by atoms with Crippen molar-refractivity contribution in [3.8, 4) is 0 Å². The van der Waals surface area contributed by atoms with Crippen LogP contribution >= 0.6 is 11.6 Å². The Morgan fingerprint density at radius 2 is 2.24 bits per heavy atom. The predicted molar refractivity (Wildman–Crippen MR) is 65.5 cm³/mol. The van der Waals surface area contributed by atoms with Gasteiger partial charge in [0.05, 0.1) is 10.6 Å². The largest absolute Gasteiger partial charge is 0.478 e. The zero-order valence-electron chi connectivity index (χ0n) is 9.64. The minimum Gasteiger partial charge on any atom is -0.478 e. The average Bonchev–Trinajstić information content (AvgIpc) is 2.30. The molecule has 1 rings (SSSR count). The summed E-state index contributed by atoms with van der Waals surface area (Å²) in [5, 5.41) is 21.0. The lowest BCUT2D eigenvalue weighted by atomic mass is 10.1. The molecule has 6 heteroatoms. The molecule has 2 unspecified atom stereocenters. The van der Waals surface area contributed by atoms with E-state index in [0.29, 0.717) is 5.82 Å². The van der Waals surface area contributed by atoms with Crippen LogP contribution < -0.4 is 5.32 Å². The zero-order chi connectivity index (χ0) is 13.0. The van der Waals surface area contributed by atoms with E-state index in [4.69, 9.17) is 21.8 Å². The van der Waals surface area contributed by atoms with Gasteiger partial charge in [-0.25, -0.2) is 9.78 Å². The smallest absolute Gasteiger partial charge is 0.337 e. The number of hydrogen-bond acceptors (Lipinski definition) is 4. The van der Waals surface area contributed by atoms with Gasteiger partial charge >= 0.3 is 5.97 Å². The van der Waals surface area contributed by atoms with Crippen LogP contribution in [0.5, 0.6) is 0 Å². The van der Waals surface area contributed by atoms with E-state index in [2.05, 4.69) is 10.3 Å². The first kappa shape index (κ1) is 13.7. The Bertz CT molecular complexity index is 412. The van der Waals surface area contributed by atoms with E-state index in [1.165, 1.54) is 12.3 Å². The molecule has 17 heavy (non-hydrogen) atoms. The molecule has 1 aromatic heterocycles. The maximum atomic E-state index is 10.9. The van der Waals surface area contributed by atoms with Crippen LogP contribution in [0.4, 0.5) is 5.82 Å². The van der Waals surface area contributed by atoms with Gasteiger partial charge in [-0.05, 0) is 18.9 Å². The van der Waals surface area contributed by atoms with Gasteiger partial charge in [0.25, 0.3) is 0 Å². The van der Waals surface area contributed by atoms with Crippen molar-refractivity contribution in [2.45, 2.75) is 19.9 Å². The summed E-state index contributed by atoms with van der Waals surface area (Å²) in [7, 11) is 0. The molecule has 0 aromatic carbocycles. The number of pyridine rings is 1. The third-order valence-electron chi connectivity index (χ3n) is 2.63. The van der Waals surface area contributed by atoms with Crippen LogP contribution in [0.15, 0.2) is 12.3 Å². The number of aliphatic hydroxyl groups is 1. The molecule has 0 spiro atoms. The van der Waals surface area contributed by atoms with Crippen LogP contribution in [0.25, 0.3) is 0 Å². The fraction of sp³-hybridized carbons (Fsp3) is 0.455. The summed E-state index contributed by atoms with van der Waals surface area (Å²) in [4.78, 5) is 14.9. The number of carboxylic acid groups (broad SMARTS) is 1. The highest BCUT2D eigenvalue weighted by molar-refractivity contribution is 6.35. The molecule has 0 aliphatic carbocycles. The summed E-state index contributed by atoms with van der Waals surface area (Å²) in [6.07, 6.45) is 1.38. The number of nitrogens with zero attached hydrogens (tertiary/aromatic N) is 1. The van der Waals surface area contributed by atoms with E-state index < -0.39 is 5.97 Å². The lowest BCUT2D eigenvalue weighted by molar-refractivity contribution is 0.0697. The van der Waals surface area contributed by atoms with E-state index in [-0.39, 0.29) is 29.2 Å². The van der Waals surface area contributed by atoms with Gasteiger partial charge in [0.2, 0.25) is 0 Å². The van der Waals surface area contributed by atoms with Crippen LogP contribution in [0, 0.1) is 5.92 Å². The van der Waals surface area contributed by atoms with Gasteiger partial charge in [-0.3, -0.25) is 0 Å². The monoisotopic (exact) mass is 258 g/mol. The Kier molecular flexibility index (Phi) is 4.72. The molecule has 1 heterocycles. The van der Waals surface area contributed by atoms with Crippen LogP contribution in [-0.4, -0.2) is 33.8 Å². The number of hydrogen-bond donors (Lipinski definition) is 3. The van der Waals surface area contributed by atoms with E-state index in [9.17, 15) is 4.79 Å². The number of carboxylic acids is 1. The average molecular weight is 259 g/mol. The predicted octanol–water partition coefficient (Wildman–Crippen LogP) is 1.86. The van der Waals surface area contributed by atoms with Crippen LogP contribution in [-0.2, 0) is 0 Å². The van der Waals surface area contributed by atoms with Gasteiger partial charge in [0, 0.05) is 18.8 Å². The van der Waals surface area contributed by atoms with Crippen molar-refractivity contribution in [2.75, 3.05) is 11.9 Å². The molecule has 2 atom stereocenters. The van der Waals surface area contributed by atoms with E-state index in [1.54, 1.807) is 0 Å². The number of carbonyl (C=O) groups is 1. The van der Waals surface area contributed by atoms with Crippen molar-refractivity contribution in [3.63, 3.8) is 0 Å². The van der Waals surface area contributed by atoms with Gasteiger partial charge in [0.1, 0.15) is 5.82 Å². The van der Waals surface area contributed by atoms with Crippen molar-refractivity contribution in [2.24, 2.45) is 5.92 Å². The second kappa shape index (κ2) is 5.84. The highest BCUT2D eigenvalue weighted by Gasteiger charge is 2.17. The second-order valence-corrected chi connectivity index (χ2v) is 4.30. The lowest BCUT2D eigenvalue weighted by Crippen LogP contribution is -2.27. The first-order valence-corrected chi connectivity index (χ1v) is 5.60. The molecule has 0 fully saturated rings. The minimum absolute atomic E-state index is 0.00742. The lowest BCUT2D eigenvalue weighted by Gasteiger charge is -2.20. The van der Waals surface area contributed by atoms with Crippen molar-refractivity contribution in [3.05, 3.63) is 22.8 Å². The fourth-order valence-corrected chi connectivity index (χ4v) is 1.47. The molecule has 3 N–H and O–H groups in total. The fourth-order valence-electron chi connectivity index (χ4n) is 1.23. The number of anilines is 1. The normalized spacial score (nSPS) is 14.1. The number of aromatic carboxylic acids is 1. The highest BCUT2D eigenvalue weighted by atomic mass is 35.5. The van der Waals surface area contributed by atoms with Crippen molar-refractivity contribution < 1.29 is 15.0 Å². The molecule has 1 aromatic rings.